The SMILES string of the molecule is COC(=O)c1ccc(NC(=O)COC(=O)COCc2ccccc2)cc1. The third-order valence-corrected chi connectivity index (χ3v) is 3.29. The molecule has 0 saturated carbocycles. The second kappa shape index (κ2) is 9.95. The van der Waals surface area contributed by atoms with Gasteiger partial charge in [0, 0.05) is 5.69 Å². The van der Waals surface area contributed by atoms with Gasteiger partial charge in [-0.15, -0.1) is 0 Å². The summed E-state index contributed by atoms with van der Waals surface area (Å²) in [4.78, 5) is 34.7. The number of carbonyl (C=O) groups is 3. The standard InChI is InChI=1S/C19H19NO6/c1-24-19(23)15-7-9-16(10-8-15)20-17(21)12-26-18(22)13-25-11-14-5-3-2-4-6-14/h2-10H,11-13H2,1H3,(H,20,21). The van der Waals surface area contributed by atoms with Crippen LogP contribution in [0.5, 0.6) is 0 Å². The number of carbonyl (C=O) groups excluding carboxylic acids is 3. The Morgan fingerprint density at radius 1 is 0.923 bits per heavy atom. The number of amides is 1. The number of esters is 2. The average Bonchev–Trinajstić information content (AvgIpc) is 2.67. The van der Waals surface area contributed by atoms with E-state index in [1.807, 2.05) is 30.3 Å². The van der Waals surface area contributed by atoms with E-state index < -0.39 is 24.5 Å². The minimum Gasteiger partial charge on any atom is -0.465 e. The van der Waals surface area contributed by atoms with E-state index in [0.29, 0.717) is 11.3 Å². The lowest BCUT2D eigenvalue weighted by Gasteiger charge is -2.08. The van der Waals surface area contributed by atoms with Crippen LogP contribution in [0, 0.1) is 0 Å². The van der Waals surface area contributed by atoms with Crippen molar-refractivity contribution in [2.45, 2.75) is 6.61 Å². The molecule has 7 nitrogen and oxygen atoms in total. The van der Waals surface area contributed by atoms with Gasteiger partial charge >= 0.3 is 11.9 Å². The first-order valence-electron chi connectivity index (χ1n) is 7.84. The van der Waals surface area contributed by atoms with Gasteiger partial charge in [-0.05, 0) is 29.8 Å². The minimum absolute atomic E-state index is 0.240. The first kappa shape index (κ1) is 19.1. The van der Waals surface area contributed by atoms with Crippen LogP contribution in [-0.2, 0) is 30.4 Å². The summed E-state index contributed by atoms with van der Waals surface area (Å²) < 4.78 is 14.7. The summed E-state index contributed by atoms with van der Waals surface area (Å²) in [6, 6.07) is 15.5. The zero-order valence-corrected chi connectivity index (χ0v) is 14.3. The lowest BCUT2D eigenvalue weighted by atomic mass is 10.2. The molecule has 0 bridgehead atoms. The second-order valence-electron chi connectivity index (χ2n) is 5.26. The van der Waals surface area contributed by atoms with Crippen molar-refractivity contribution in [2.24, 2.45) is 0 Å². The molecule has 0 aliphatic carbocycles. The van der Waals surface area contributed by atoms with Gasteiger partial charge < -0.3 is 19.5 Å². The average molecular weight is 357 g/mol. The number of rotatable bonds is 8. The van der Waals surface area contributed by atoms with Crippen LogP contribution in [0.4, 0.5) is 5.69 Å². The number of nitrogens with one attached hydrogen (secondary N) is 1. The number of ether oxygens (including phenoxy) is 3. The Kier molecular flexibility index (Phi) is 7.32. The lowest BCUT2D eigenvalue weighted by molar-refractivity contribution is -0.152. The molecule has 0 unspecified atom stereocenters. The Balaban J connectivity index is 1.67. The first-order chi connectivity index (χ1) is 12.6. The molecule has 0 heterocycles. The highest BCUT2D eigenvalue weighted by Gasteiger charge is 2.09. The Morgan fingerprint density at radius 3 is 2.27 bits per heavy atom. The van der Waals surface area contributed by atoms with Gasteiger partial charge in [-0.1, -0.05) is 30.3 Å². The smallest absolute Gasteiger partial charge is 0.337 e. The van der Waals surface area contributed by atoms with Crippen molar-refractivity contribution in [2.75, 3.05) is 25.6 Å². The van der Waals surface area contributed by atoms with Crippen LogP contribution in [0.1, 0.15) is 15.9 Å². The van der Waals surface area contributed by atoms with Crippen LogP contribution in [0.15, 0.2) is 54.6 Å². The van der Waals surface area contributed by atoms with Crippen molar-refractivity contribution >= 4 is 23.5 Å². The van der Waals surface area contributed by atoms with Gasteiger partial charge in [-0.25, -0.2) is 9.59 Å². The molecule has 7 heteroatoms. The van der Waals surface area contributed by atoms with Crippen LogP contribution in [0.3, 0.4) is 0 Å². The van der Waals surface area contributed by atoms with Crippen LogP contribution >= 0.6 is 0 Å². The number of hydrogen-bond acceptors (Lipinski definition) is 6. The molecule has 1 N–H and O–H groups in total. The van der Waals surface area contributed by atoms with Crippen molar-refractivity contribution < 1.29 is 28.6 Å². The summed E-state index contributed by atoms with van der Waals surface area (Å²) in [5.41, 5.74) is 1.78. The minimum atomic E-state index is -0.628. The van der Waals surface area contributed by atoms with Crippen molar-refractivity contribution in [1.29, 1.82) is 0 Å². The van der Waals surface area contributed by atoms with Gasteiger partial charge in [-0.3, -0.25) is 4.79 Å². The van der Waals surface area contributed by atoms with Gasteiger partial charge in [0.15, 0.2) is 6.61 Å². The first-order valence-corrected chi connectivity index (χ1v) is 7.84. The summed E-state index contributed by atoms with van der Waals surface area (Å²) in [6.07, 6.45) is 0. The maximum absolute atomic E-state index is 11.8. The fourth-order valence-electron chi connectivity index (χ4n) is 2.02. The summed E-state index contributed by atoms with van der Waals surface area (Å²) in [6.45, 7) is -0.378. The quantitative estimate of drug-likeness (QED) is 0.728. The van der Waals surface area contributed by atoms with E-state index in [2.05, 4.69) is 10.1 Å². The molecule has 2 rings (SSSR count). The maximum Gasteiger partial charge on any atom is 0.337 e. The molecule has 26 heavy (non-hydrogen) atoms. The van der Waals surface area contributed by atoms with Crippen LogP contribution < -0.4 is 5.32 Å². The molecule has 0 saturated heterocycles. The summed E-state index contributed by atoms with van der Waals surface area (Å²) in [5, 5.41) is 2.55. The molecule has 0 aliphatic heterocycles. The fourth-order valence-corrected chi connectivity index (χ4v) is 2.02. The highest BCUT2D eigenvalue weighted by molar-refractivity contribution is 5.94. The molecular formula is C19H19NO6. The zero-order valence-electron chi connectivity index (χ0n) is 14.3. The fraction of sp³-hybridized carbons (Fsp3) is 0.211. The summed E-state index contributed by atoms with van der Waals surface area (Å²) in [5.74, 6) is -1.59. The van der Waals surface area contributed by atoms with Gasteiger partial charge in [0.1, 0.15) is 6.61 Å². The summed E-state index contributed by atoms with van der Waals surface area (Å²) >= 11 is 0. The van der Waals surface area contributed by atoms with Gasteiger partial charge in [0.05, 0.1) is 19.3 Å². The van der Waals surface area contributed by atoms with E-state index in [0.717, 1.165) is 5.56 Å². The van der Waals surface area contributed by atoms with Crippen molar-refractivity contribution in [3.8, 4) is 0 Å². The zero-order chi connectivity index (χ0) is 18.8. The van der Waals surface area contributed by atoms with Crippen LogP contribution in [-0.4, -0.2) is 38.2 Å². The third-order valence-electron chi connectivity index (χ3n) is 3.29. The van der Waals surface area contributed by atoms with Gasteiger partial charge in [0.2, 0.25) is 0 Å². The molecule has 1 amide bonds. The van der Waals surface area contributed by atoms with E-state index in [1.54, 1.807) is 12.1 Å². The predicted molar refractivity (Wildman–Crippen MR) is 93.5 cm³/mol. The molecule has 0 fully saturated rings. The number of methoxy groups -OCH3 is 1. The molecule has 2 aromatic rings. The van der Waals surface area contributed by atoms with E-state index in [9.17, 15) is 14.4 Å². The highest BCUT2D eigenvalue weighted by Crippen LogP contribution is 2.10. The lowest BCUT2D eigenvalue weighted by Crippen LogP contribution is -2.22. The molecule has 0 atom stereocenters. The predicted octanol–water partition coefficient (Wildman–Crippen LogP) is 2.17. The van der Waals surface area contributed by atoms with Gasteiger partial charge in [-0.2, -0.15) is 0 Å². The van der Waals surface area contributed by atoms with Crippen molar-refractivity contribution in [3.63, 3.8) is 0 Å². The third kappa shape index (κ3) is 6.37. The number of benzene rings is 2. The molecule has 0 aromatic heterocycles. The Labute approximate surface area is 150 Å². The Morgan fingerprint density at radius 2 is 1.62 bits per heavy atom. The molecule has 136 valence electrons. The second-order valence-corrected chi connectivity index (χ2v) is 5.26. The normalized spacial score (nSPS) is 10.0. The monoisotopic (exact) mass is 357 g/mol. The summed E-state index contributed by atoms with van der Waals surface area (Å²) in [7, 11) is 1.29. The van der Waals surface area contributed by atoms with Crippen molar-refractivity contribution in [3.05, 3.63) is 65.7 Å². The van der Waals surface area contributed by atoms with Crippen molar-refractivity contribution in [1.82, 2.24) is 0 Å². The van der Waals surface area contributed by atoms with E-state index >= 15 is 0 Å². The maximum atomic E-state index is 11.8. The molecule has 0 radical (unpaired) electrons. The highest BCUT2D eigenvalue weighted by atomic mass is 16.6. The van der Waals surface area contributed by atoms with Crippen LogP contribution in [0.2, 0.25) is 0 Å². The van der Waals surface area contributed by atoms with E-state index in [4.69, 9.17) is 9.47 Å². The Bertz CT molecular complexity index is 742. The topological polar surface area (TPSA) is 90.9 Å². The Hall–Kier alpha value is -3.19. The molecular weight excluding hydrogens is 338 g/mol. The number of anilines is 1. The van der Waals surface area contributed by atoms with E-state index in [-0.39, 0.29) is 13.2 Å². The number of hydrogen-bond donors (Lipinski definition) is 1. The molecule has 2 aromatic carbocycles. The molecule has 0 spiro atoms. The largest absolute Gasteiger partial charge is 0.465 e. The van der Waals surface area contributed by atoms with E-state index in [1.165, 1.54) is 19.2 Å². The molecule has 0 aliphatic rings. The van der Waals surface area contributed by atoms with Gasteiger partial charge in [0.25, 0.3) is 5.91 Å². The van der Waals surface area contributed by atoms with Crippen LogP contribution in [0.25, 0.3) is 0 Å².